The Morgan fingerprint density at radius 2 is 1.90 bits per heavy atom. The summed E-state index contributed by atoms with van der Waals surface area (Å²) in [5, 5.41) is 13.1. The van der Waals surface area contributed by atoms with Crippen molar-refractivity contribution in [2.45, 2.75) is 33.7 Å². The summed E-state index contributed by atoms with van der Waals surface area (Å²) in [6, 6.07) is 9.02. The highest BCUT2D eigenvalue weighted by Gasteiger charge is 2.46. The SMILES string of the molecule is CCN(CC)CCN1C(=O)C(=O)/C(=C(/O)c2cc(C)ccc2C)C1c1cccs1. The lowest BCUT2D eigenvalue weighted by atomic mass is 9.96. The van der Waals surface area contributed by atoms with Gasteiger partial charge in [-0.2, -0.15) is 0 Å². The molecule has 0 bridgehead atoms. The van der Waals surface area contributed by atoms with Crippen LogP contribution in [0.25, 0.3) is 5.76 Å². The first-order valence-electron chi connectivity index (χ1n) is 10.0. The van der Waals surface area contributed by atoms with Crippen LogP contribution in [0.5, 0.6) is 0 Å². The van der Waals surface area contributed by atoms with Crippen LogP contribution in [0.15, 0.2) is 41.3 Å². The molecule has 29 heavy (non-hydrogen) atoms. The average Bonchev–Trinajstić information content (AvgIpc) is 3.32. The van der Waals surface area contributed by atoms with Gasteiger partial charge >= 0.3 is 0 Å². The lowest BCUT2D eigenvalue weighted by Gasteiger charge is -2.27. The minimum Gasteiger partial charge on any atom is -0.507 e. The summed E-state index contributed by atoms with van der Waals surface area (Å²) >= 11 is 1.49. The second-order valence-corrected chi connectivity index (χ2v) is 8.33. The van der Waals surface area contributed by atoms with Crippen molar-refractivity contribution in [3.05, 3.63) is 62.9 Å². The first-order valence-corrected chi connectivity index (χ1v) is 10.9. The van der Waals surface area contributed by atoms with Crippen molar-refractivity contribution in [1.82, 2.24) is 9.80 Å². The van der Waals surface area contributed by atoms with Crippen molar-refractivity contribution in [2.75, 3.05) is 26.2 Å². The molecule has 1 aromatic carbocycles. The third-order valence-electron chi connectivity index (χ3n) is 5.55. The first-order chi connectivity index (χ1) is 13.9. The van der Waals surface area contributed by atoms with E-state index >= 15 is 0 Å². The lowest BCUT2D eigenvalue weighted by molar-refractivity contribution is -0.140. The molecule has 1 aromatic heterocycles. The topological polar surface area (TPSA) is 60.9 Å². The summed E-state index contributed by atoms with van der Waals surface area (Å²) in [6.45, 7) is 10.9. The van der Waals surface area contributed by atoms with Gasteiger partial charge in [0.1, 0.15) is 5.76 Å². The van der Waals surface area contributed by atoms with Crippen molar-refractivity contribution in [3.8, 4) is 0 Å². The third-order valence-corrected chi connectivity index (χ3v) is 6.48. The van der Waals surface area contributed by atoms with Crippen LogP contribution in [-0.2, 0) is 9.59 Å². The summed E-state index contributed by atoms with van der Waals surface area (Å²) in [4.78, 5) is 30.6. The van der Waals surface area contributed by atoms with Crippen molar-refractivity contribution in [2.24, 2.45) is 0 Å². The number of ketones is 1. The van der Waals surface area contributed by atoms with E-state index in [0.717, 1.165) is 29.1 Å². The Labute approximate surface area is 176 Å². The van der Waals surface area contributed by atoms with Crippen molar-refractivity contribution in [1.29, 1.82) is 0 Å². The van der Waals surface area contributed by atoms with Crippen molar-refractivity contribution in [3.63, 3.8) is 0 Å². The minimum absolute atomic E-state index is 0.0895. The molecular formula is C23H28N2O3S. The molecule has 0 aliphatic carbocycles. The standard InChI is InChI=1S/C23H28N2O3S/c1-5-24(6-2)11-12-25-20(18-8-7-13-29-18)19(22(27)23(25)28)21(26)17-14-15(3)9-10-16(17)4/h7-10,13-14,20,26H,5-6,11-12H2,1-4H3/b21-19+. The first kappa shape index (κ1) is 21.3. The van der Waals surface area contributed by atoms with E-state index in [1.54, 1.807) is 4.90 Å². The molecule has 1 aliphatic rings. The Morgan fingerprint density at radius 3 is 2.52 bits per heavy atom. The molecule has 3 rings (SSSR count). The van der Waals surface area contributed by atoms with Crippen LogP contribution in [0.2, 0.25) is 0 Å². The number of benzene rings is 1. The Morgan fingerprint density at radius 1 is 1.17 bits per heavy atom. The zero-order valence-electron chi connectivity index (χ0n) is 17.4. The molecule has 0 saturated carbocycles. The molecule has 2 aromatic rings. The molecule has 1 atom stereocenters. The Kier molecular flexibility index (Phi) is 6.55. The van der Waals surface area contributed by atoms with Gasteiger partial charge in [-0.15, -0.1) is 11.3 Å². The Balaban J connectivity index is 2.09. The molecule has 1 amide bonds. The molecule has 2 heterocycles. The van der Waals surface area contributed by atoms with Crippen LogP contribution in [0.3, 0.4) is 0 Å². The van der Waals surface area contributed by atoms with E-state index in [4.69, 9.17) is 0 Å². The zero-order chi connectivity index (χ0) is 21.1. The number of likely N-dealkylation sites (N-methyl/N-ethyl adjacent to an activating group) is 1. The van der Waals surface area contributed by atoms with Gasteiger partial charge in [0, 0.05) is 23.5 Å². The molecule has 1 aliphatic heterocycles. The Hall–Kier alpha value is -2.44. The summed E-state index contributed by atoms with van der Waals surface area (Å²) in [5.74, 6) is -1.24. The molecule has 1 N–H and O–H groups in total. The maximum absolute atomic E-state index is 13.0. The molecule has 0 radical (unpaired) electrons. The number of hydrogen-bond acceptors (Lipinski definition) is 5. The van der Waals surface area contributed by atoms with Crippen LogP contribution >= 0.6 is 11.3 Å². The monoisotopic (exact) mass is 412 g/mol. The lowest BCUT2D eigenvalue weighted by Crippen LogP contribution is -2.37. The number of hydrogen-bond donors (Lipinski definition) is 1. The summed E-state index contributed by atoms with van der Waals surface area (Å²) in [6.07, 6.45) is 0. The van der Waals surface area contributed by atoms with Crippen molar-refractivity contribution >= 4 is 28.8 Å². The quantitative estimate of drug-likeness (QED) is 0.422. The second-order valence-electron chi connectivity index (χ2n) is 7.35. The van der Waals surface area contributed by atoms with E-state index in [2.05, 4.69) is 18.7 Å². The van der Waals surface area contributed by atoms with E-state index in [-0.39, 0.29) is 11.3 Å². The number of amides is 1. The van der Waals surface area contributed by atoms with Crippen LogP contribution in [0.1, 0.15) is 41.5 Å². The van der Waals surface area contributed by atoms with Gasteiger partial charge in [-0.3, -0.25) is 9.59 Å². The van der Waals surface area contributed by atoms with Crippen LogP contribution < -0.4 is 0 Å². The van der Waals surface area contributed by atoms with Crippen LogP contribution in [0, 0.1) is 13.8 Å². The number of likely N-dealkylation sites (tertiary alicyclic amines) is 1. The van der Waals surface area contributed by atoms with Crippen LogP contribution in [-0.4, -0.2) is 52.8 Å². The number of aliphatic hydroxyl groups excluding tert-OH is 1. The second kappa shape index (κ2) is 8.93. The van der Waals surface area contributed by atoms with Crippen molar-refractivity contribution < 1.29 is 14.7 Å². The fourth-order valence-corrected chi connectivity index (χ4v) is 4.62. The largest absolute Gasteiger partial charge is 0.507 e. The number of aryl methyl sites for hydroxylation is 2. The van der Waals surface area contributed by atoms with Gasteiger partial charge in [-0.05, 0) is 50.0 Å². The predicted octanol–water partition coefficient (Wildman–Crippen LogP) is 4.13. The Bertz CT molecular complexity index is 930. The third kappa shape index (κ3) is 4.14. The molecule has 1 unspecified atom stereocenters. The van der Waals surface area contributed by atoms with Gasteiger partial charge in [-0.1, -0.05) is 37.6 Å². The summed E-state index contributed by atoms with van der Waals surface area (Å²) in [7, 11) is 0. The number of carbonyl (C=O) groups is 2. The number of thiophene rings is 1. The van der Waals surface area contributed by atoms with Gasteiger partial charge in [0.25, 0.3) is 11.7 Å². The molecule has 1 saturated heterocycles. The highest BCUT2D eigenvalue weighted by molar-refractivity contribution is 7.10. The number of aliphatic hydroxyl groups is 1. The van der Waals surface area contributed by atoms with E-state index in [1.165, 1.54) is 11.3 Å². The van der Waals surface area contributed by atoms with Gasteiger partial charge in [-0.25, -0.2) is 0 Å². The number of rotatable bonds is 7. The van der Waals surface area contributed by atoms with Gasteiger partial charge in [0.2, 0.25) is 0 Å². The van der Waals surface area contributed by atoms with E-state index in [0.29, 0.717) is 18.7 Å². The molecule has 6 heteroatoms. The van der Waals surface area contributed by atoms with Gasteiger partial charge in [0.05, 0.1) is 11.6 Å². The maximum Gasteiger partial charge on any atom is 0.295 e. The van der Waals surface area contributed by atoms with E-state index in [9.17, 15) is 14.7 Å². The fourth-order valence-electron chi connectivity index (χ4n) is 3.78. The van der Waals surface area contributed by atoms with Crippen LogP contribution in [0.4, 0.5) is 0 Å². The zero-order valence-corrected chi connectivity index (χ0v) is 18.3. The molecular weight excluding hydrogens is 384 g/mol. The average molecular weight is 413 g/mol. The molecule has 0 spiro atoms. The highest BCUT2D eigenvalue weighted by Crippen LogP contribution is 2.41. The summed E-state index contributed by atoms with van der Waals surface area (Å²) in [5.41, 5.74) is 2.65. The molecule has 1 fully saturated rings. The molecule has 154 valence electrons. The maximum atomic E-state index is 13.0. The number of nitrogens with zero attached hydrogens (tertiary/aromatic N) is 2. The van der Waals surface area contributed by atoms with Gasteiger partial charge in [0.15, 0.2) is 0 Å². The van der Waals surface area contributed by atoms with Gasteiger partial charge < -0.3 is 14.9 Å². The number of Topliss-reactive ketones (excluding diaryl/α,β-unsaturated/α-hetero) is 1. The van der Waals surface area contributed by atoms with E-state index < -0.39 is 17.7 Å². The summed E-state index contributed by atoms with van der Waals surface area (Å²) < 4.78 is 0. The smallest absolute Gasteiger partial charge is 0.295 e. The van der Waals surface area contributed by atoms with E-state index in [1.807, 2.05) is 49.6 Å². The highest BCUT2D eigenvalue weighted by atomic mass is 32.1. The minimum atomic E-state index is -0.610. The normalized spacial score (nSPS) is 18.8. The fraction of sp³-hybridized carbons (Fsp3) is 0.391. The predicted molar refractivity (Wildman–Crippen MR) is 117 cm³/mol. The molecule has 5 nitrogen and oxygen atoms in total. The number of carbonyl (C=O) groups excluding carboxylic acids is 2.